The van der Waals surface area contributed by atoms with E-state index in [1.165, 1.54) is 13.2 Å². The molecule has 0 aliphatic heterocycles. The average Bonchev–Trinajstić information content (AvgIpc) is 2.50. The molecule has 1 N–H and O–H groups in total. The SMILES string of the molecule is COC(=O)c1cc(N=O)n[nH]1. The summed E-state index contributed by atoms with van der Waals surface area (Å²) in [6, 6.07) is 1.21. The lowest BCUT2D eigenvalue weighted by molar-refractivity contribution is 0.0594. The Morgan fingerprint density at radius 2 is 2.55 bits per heavy atom. The third-order valence-corrected chi connectivity index (χ3v) is 1.06. The number of aromatic nitrogens is 2. The summed E-state index contributed by atoms with van der Waals surface area (Å²) in [5.74, 6) is -0.641. The number of H-pyrrole nitrogens is 1. The van der Waals surface area contributed by atoms with Gasteiger partial charge in [-0.05, 0) is 5.18 Å². The fourth-order valence-corrected chi connectivity index (χ4v) is 0.572. The highest BCUT2D eigenvalue weighted by Gasteiger charge is 2.08. The van der Waals surface area contributed by atoms with Crippen LogP contribution >= 0.6 is 0 Å². The Bertz CT molecular complexity index is 280. The number of nitroso groups, excluding NO2 is 1. The first-order valence-corrected chi connectivity index (χ1v) is 2.75. The number of esters is 1. The summed E-state index contributed by atoms with van der Waals surface area (Å²) in [6.45, 7) is 0. The molecule has 0 aliphatic carbocycles. The predicted molar refractivity (Wildman–Crippen MR) is 35.4 cm³/mol. The maximum atomic E-state index is 10.7. The lowest BCUT2D eigenvalue weighted by Gasteiger charge is -1.90. The minimum Gasteiger partial charge on any atom is -0.464 e. The maximum absolute atomic E-state index is 10.7. The van der Waals surface area contributed by atoms with Gasteiger partial charge in [0.15, 0.2) is 0 Å². The molecule has 0 bridgehead atoms. The standard InChI is InChI=1S/C5H5N3O3/c1-11-5(9)3-2-4(8-10)7-6-3/h2H,1H3,(H,6,7). The van der Waals surface area contributed by atoms with E-state index in [4.69, 9.17) is 0 Å². The quantitative estimate of drug-likeness (QED) is 0.500. The Morgan fingerprint density at radius 3 is 3.00 bits per heavy atom. The van der Waals surface area contributed by atoms with Gasteiger partial charge in [0.05, 0.1) is 7.11 Å². The van der Waals surface area contributed by atoms with E-state index in [1.54, 1.807) is 0 Å². The topological polar surface area (TPSA) is 84.4 Å². The second-order valence-electron chi connectivity index (χ2n) is 1.72. The molecule has 1 heterocycles. The van der Waals surface area contributed by atoms with Crippen LogP contribution in [-0.2, 0) is 4.74 Å². The molecule has 0 saturated heterocycles. The van der Waals surface area contributed by atoms with E-state index in [9.17, 15) is 9.70 Å². The molecule has 11 heavy (non-hydrogen) atoms. The Balaban J connectivity index is 2.88. The van der Waals surface area contributed by atoms with Gasteiger partial charge >= 0.3 is 5.97 Å². The number of hydrogen-bond acceptors (Lipinski definition) is 5. The molecular weight excluding hydrogens is 150 g/mol. The van der Waals surface area contributed by atoms with Crippen LogP contribution in [0.2, 0.25) is 0 Å². The number of aromatic amines is 1. The van der Waals surface area contributed by atoms with Crippen molar-refractivity contribution < 1.29 is 9.53 Å². The smallest absolute Gasteiger partial charge is 0.356 e. The van der Waals surface area contributed by atoms with Gasteiger partial charge in [-0.3, -0.25) is 5.10 Å². The summed E-state index contributed by atoms with van der Waals surface area (Å²) in [5.41, 5.74) is 0.113. The van der Waals surface area contributed by atoms with Crippen molar-refractivity contribution in [1.82, 2.24) is 10.2 Å². The molecule has 1 rings (SSSR count). The van der Waals surface area contributed by atoms with E-state index in [1.807, 2.05) is 0 Å². The normalized spacial score (nSPS) is 9.18. The van der Waals surface area contributed by atoms with Gasteiger partial charge in [-0.15, -0.1) is 4.91 Å². The average molecular weight is 155 g/mol. The molecule has 1 aromatic heterocycles. The van der Waals surface area contributed by atoms with Crippen molar-refractivity contribution in [3.05, 3.63) is 16.7 Å². The van der Waals surface area contributed by atoms with Gasteiger partial charge in [-0.2, -0.15) is 5.10 Å². The first-order valence-electron chi connectivity index (χ1n) is 2.75. The van der Waals surface area contributed by atoms with Gasteiger partial charge in [-0.25, -0.2) is 4.79 Å². The fourth-order valence-electron chi connectivity index (χ4n) is 0.572. The minimum atomic E-state index is -0.576. The van der Waals surface area contributed by atoms with E-state index < -0.39 is 5.97 Å². The molecule has 58 valence electrons. The van der Waals surface area contributed by atoms with Crippen molar-refractivity contribution in [3.63, 3.8) is 0 Å². The Morgan fingerprint density at radius 1 is 1.82 bits per heavy atom. The molecule has 0 fully saturated rings. The highest BCUT2D eigenvalue weighted by atomic mass is 16.5. The number of hydrogen-bond donors (Lipinski definition) is 1. The second-order valence-corrected chi connectivity index (χ2v) is 1.72. The number of carbonyl (C=O) groups is 1. The number of rotatable bonds is 2. The molecule has 0 spiro atoms. The Labute approximate surface area is 61.5 Å². The van der Waals surface area contributed by atoms with E-state index >= 15 is 0 Å². The molecule has 1 aromatic rings. The van der Waals surface area contributed by atoms with Crippen LogP contribution in [0, 0.1) is 4.91 Å². The molecule has 0 saturated carbocycles. The van der Waals surface area contributed by atoms with E-state index in [0.717, 1.165) is 0 Å². The molecule has 6 nitrogen and oxygen atoms in total. The number of carbonyl (C=O) groups excluding carboxylic acids is 1. The molecule has 0 unspecified atom stereocenters. The molecule has 0 atom stereocenters. The number of nitrogens with one attached hydrogen (secondary N) is 1. The monoisotopic (exact) mass is 155 g/mol. The Kier molecular flexibility index (Phi) is 1.95. The summed E-state index contributed by atoms with van der Waals surface area (Å²) in [6.07, 6.45) is 0. The number of nitrogens with zero attached hydrogens (tertiary/aromatic N) is 2. The third-order valence-electron chi connectivity index (χ3n) is 1.06. The van der Waals surface area contributed by atoms with Crippen LogP contribution in [-0.4, -0.2) is 23.3 Å². The first-order chi connectivity index (χ1) is 5.27. The van der Waals surface area contributed by atoms with Gasteiger partial charge in [-0.1, -0.05) is 0 Å². The van der Waals surface area contributed by atoms with Crippen LogP contribution in [0.15, 0.2) is 11.2 Å². The lowest BCUT2D eigenvalue weighted by atomic mass is 10.4. The fraction of sp³-hybridized carbons (Fsp3) is 0.200. The highest BCUT2D eigenvalue weighted by Crippen LogP contribution is 2.08. The zero-order valence-electron chi connectivity index (χ0n) is 5.70. The minimum absolute atomic E-state index is 0.0644. The van der Waals surface area contributed by atoms with E-state index in [-0.39, 0.29) is 11.5 Å². The van der Waals surface area contributed by atoms with Gasteiger partial charge < -0.3 is 4.74 Å². The Hall–Kier alpha value is -1.72. The molecule has 0 amide bonds. The van der Waals surface area contributed by atoms with Crippen molar-refractivity contribution in [2.45, 2.75) is 0 Å². The van der Waals surface area contributed by atoms with Crippen molar-refractivity contribution in [2.24, 2.45) is 5.18 Å². The van der Waals surface area contributed by atoms with Crippen LogP contribution in [0.25, 0.3) is 0 Å². The van der Waals surface area contributed by atoms with Crippen LogP contribution in [0.3, 0.4) is 0 Å². The number of methoxy groups -OCH3 is 1. The maximum Gasteiger partial charge on any atom is 0.356 e. The van der Waals surface area contributed by atoms with Crippen molar-refractivity contribution in [2.75, 3.05) is 7.11 Å². The summed E-state index contributed by atoms with van der Waals surface area (Å²) in [4.78, 5) is 20.6. The molecule has 0 radical (unpaired) electrons. The summed E-state index contributed by atoms with van der Waals surface area (Å²) in [7, 11) is 1.23. The summed E-state index contributed by atoms with van der Waals surface area (Å²) >= 11 is 0. The van der Waals surface area contributed by atoms with Gasteiger partial charge in [0.1, 0.15) is 5.69 Å². The molecular formula is C5H5N3O3. The van der Waals surface area contributed by atoms with E-state index in [0.29, 0.717) is 0 Å². The highest BCUT2D eigenvalue weighted by molar-refractivity contribution is 5.87. The lowest BCUT2D eigenvalue weighted by Crippen LogP contribution is -2.00. The van der Waals surface area contributed by atoms with Crippen LogP contribution in [0.1, 0.15) is 10.5 Å². The second kappa shape index (κ2) is 2.91. The van der Waals surface area contributed by atoms with Crippen LogP contribution < -0.4 is 0 Å². The summed E-state index contributed by atoms with van der Waals surface area (Å²) < 4.78 is 4.34. The van der Waals surface area contributed by atoms with Crippen LogP contribution in [0.4, 0.5) is 5.82 Å². The number of ether oxygens (including phenoxy) is 1. The zero-order chi connectivity index (χ0) is 8.27. The van der Waals surface area contributed by atoms with Crippen molar-refractivity contribution in [3.8, 4) is 0 Å². The van der Waals surface area contributed by atoms with E-state index in [2.05, 4.69) is 20.1 Å². The van der Waals surface area contributed by atoms with Crippen molar-refractivity contribution in [1.29, 1.82) is 0 Å². The molecule has 0 aliphatic rings. The zero-order valence-corrected chi connectivity index (χ0v) is 5.70. The predicted octanol–water partition coefficient (Wildman–Crippen LogP) is 0.594. The first kappa shape index (κ1) is 7.39. The third kappa shape index (κ3) is 1.40. The largest absolute Gasteiger partial charge is 0.464 e. The van der Waals surface area contributed by atoms with Crippen molar-refractivity contribution >= 4 is 11.8 Å². The molecule has 6 heteroatoms. The van der Waals surface area contributed by atoms with Crippen LogP contribution in [0.5, 0.6) is 0 Å². The van der Waals surface area contributed by atoms with Gasteiger partial charge in [0.2, 0.25) is 5.82 Å². The van der Waals surface area contributed by atoms with Gasteiger partial charge in [0.25, 0.3) is 0 Å². The molecule has 0 aromatic carbocycles. The summed E-state index contributed by atoms with van der Waals surface area (Å²) in [5, 5.41) is 8.20. The van der Waals surface area contributed by atoms with Gasteiger partial charge in [0, 0.05) is 6.07 Å².